The molecule has 0 aliphatic heterocycles. The van der Waals surface area contributed by atoms with Crippen LogP contribution in [0, 0.1) is 5.82 Å². The standard InChI is InChI=1S/C21H25FO4/c1-5-14-9-8-10-19(26-21(23)24-4)17(14)13-25-20-12-18(22)15(6-2)11-16(20)7-3/h8-12H,5-7,13H2,1-4H3. The second kappa shape index (κ2) is 9.22. The van der Waals surface area contributed by atoms with E-state index >= 15 is 0 Å². The van der Waals surface area contributed by atoms with E-state index in [1.54, 1.807) is 6.07 Å². The summed E-state index contributed by atoms with van der Waals surface area (Å²) in [5.41, 5.74) is 3.38. The van der Waals surface area contributed by atoms with E-state index in [0.29, 0.717) is 23.5 Å². The van der Waals surface area contributed by atoms with E-state index in [-0.39, 0.29) is 12.4 Å². The van der Waals surface area contributed by atoms with Gasteiger partial charge in [0.1, 0.15) is 23.9 Å². The minimum atomic E-state index is -0.785. The van der Waals surface area contributed by atoms with Crippen LogP contribution in [0.4, 0.5) is 9.18 Å². The van der Waals surface area contributed by atoms with Gasteiger partial charge in [0.25, 0.3) is 0 Å². The van der Waals surface area contributed by atoms with Gasteiger partial charge in [0, 0.05) is 11.6 Å². The Morgan fingerprint density at radius 1 is 0.962 bits per heavy atom. The van der Waals surface area contributed by atoms with Crippen LogP contribution in [0.25, 0.3) is 0 Å². The summed E-state index contributed by atoms with van der Waals surface area (Å²) in [6.07, 6.45) is 1.34. The first-order valence-corrected chi connectivity index (χ1v) is 8.84. The number of aryl methyl sites for hydroxylation is 3. The van der Waals surface area contributed by atoms with Crippen molar-refractivity contribution in [1.82, 2.24) is 0 Å². The van der Waals surface area contributed by atoms with Crippen LogP contribution in [0.15, 0.2) is 30.3 Å². The lowest BCUT2D eigenvalue weighted by molar-refractivity contribution is 0.120. The van der Waals surface area contributed by atoms with Crippen LogP contribution in [-0.2, 0) is 30.6 Å². The lowest BCUT2D eigenvalue weighted by Gasteiger charge is -2.16. The highest BCUT2D eigenvalue weighted by Crippen LogP contribution is 2.29. The number of rotatable bonds is 7. The van der Waals surface area contributed by atoms with Crippen molar-refractivity contribution >= 4 is 6.16 Å². The Hall–Kier alpha value is -2.56. The van der Waals surface area contributed by atoms with Crippen LogP contribution in [0.5, 0.6) is 11.5 Å². The zero-order chi connectivity index (χ0) is 19.1. The summed E-state index contributed by atoms with van der Waals surface area (Å²) >= 11 is 0. The van der Waals surface area contributed by atoms with E-state index in [4.69, 9.17) is 9.47 Å². The van der Waals surface area contributed by atoms with Crippen LogP contribution >= 0.6 is 0 Å². The number of hydrogen-bond acceptors (Lipinski definition) is 4. The van der Waals surface area contributed by atoms with Crippen molar-refractivity contribution in [3.8, 4) is 11.5 Å². The predicted octanol–water partition coefficient (Wildman–Crippen LogP) is 5.24. The predicted molar refractivity (Wildman–Crippen MR) is 98.3 cm³/mol. The maximum atomic E-state index is 14.2. The molecule has 5 heteroatoms. The fourth-order valence-electron chi connectivity index (χ4n) is 2.82. The van der Waals surface area contributed by atoms with Crippen LogP contribution in [0.3, 0.4) is 0 Å². The average Bonchev–Trinajstić information content (AvgIpc) is 2.66. The Morgan fingerprint density at radius 2 is 1.65 bits per heavy atom. The Kier molecular flexibility index (Phi) is 7.01. The molecule has 0 bridgehead atoms. The monoisotopic (exact) mass is 360 g/mol. The molecule has 2 rings (SSSR count). The number of carbonyl (C=O) groups excluding carboxylic acids is 1. The summed E-state index contributed by atoms with van der Waals surface area (Å²) in [6, 6.07) is 8.74. The van der Waals surface area contributed by atoms with E-state index in [9.17, 15) is 9.18 Å². The molecule has 0 aliphatic carbocycles. The summed E-state index contributed by atoms with van der Waals surface area (Å²) in [5, 5.41) is 0. The highest BCUT2D eigenvalue weighted by molar-refractivity contribution is 5.64. The van der Waals surface area contributed by atoms with E-state index in [0.717, 1.165) is 29.5 Å². The zero-order valence-electron chi connectivity index (χ0n) is 15.7. The van der Waals surface area contributed by atoms with Crippen molar-refractivity contribution in [2.45, 2.75) is 46.6 Å². The summed E-state index contributed by atoms with van der Waals surface area (Å²) in [4.78, 5) is 11.5. The van der Waals surface area contributed by atoms with Gasteiger partial charge in [-0.15, -0.1) is 0 Å². The van der Waals surface area contributed by atoms with E-state index in [1.165, 1.54) is 13.2 Å². The summed E-state index contributed by atoms with van der Waals surface area (Å²) < 4.78 is 29.9. The minimum Gasteiger partial charge on any atom is -0.488 e. The molecule has 0 unspecified atom stereocenters. The SMILES string of the molecule is CCc1cc(CC)c(OCc2c(CC)cccc2OC(=O)OC)cc1F. The zero-order valence-corrected chi connectivity index (χ0v) is 15.7. The quantitative estimate of drug-likeness (QED) is 0.500. The van der Waals surface area contributed by atoms with Crippen molar-refractivity contribution in [3.63, 3.8) is 0 Å². The largest absolute Gasteiger partial charge is 0.513 e. The Morgan fingerprint density at radius 3 is 2.27 bits per heavy atom. The smallest absolute Gasteiger partial charge is 0.488 e. The highest BCUT2D eigenvalue weighted by atomic mass is 19.1. The first kappa shape index (κ1) is 19.8. The van der Waals surface area contributed by atoms with E-state index in [2.05, 4.69) is 4.74 Å². The van der Waals surface area contributed by atoms with Gasteiger partial charge in [-0.2, -0.15) is 0 Å². The van der Waals surface area contributed by atoms with Crippen LogP contribution in [0.1, 0.15) is 43.0 Å². The summed E-state index contributed by atoms with van der Waals surface area (Å²) in [6.45, 7) is 6.11. The van der Waals surface area contributed by atoms with Gasteiger partial charge in [-0.3, -0.25) is 0 Å². The Labute approximate surface area is 153 Å². The molecule has 140 valence electrons. The van der Waals surface area contributed by atoms with Crippen molar-refractivity contribution in [1.29, 1.82) is 0 Å². The average molecular weight is 360 g/mol. The summed E-state index contributed by atoms with van der Waals surface area (Å²) in [7, 11) is 1.26. The molecule has 0 saturated carbocycles. The molecule has 0 saturated heterocycles. The molecular formula is C21H25FO4. The number of ether oxygens (including phenoxy) is 3. The Balaban J connectivity index is 2.31. The molecule has 26 heavy (non-hydrogen) atoms. The number of methoxy groups -OCH3 is 1. The normalized spacial score (nSPS) is 10.5. The van der Waals surface area contributed by atoms with Crippen LogP contribution < -0.4 is 9.47 Å². The molecule has 0 fully saturated rings. The van der Waals surface area contributed by atoms with Gasteiger partial charge < -0.3 is 14.2 Å². The molecule has 2 aromatic rings. The molecule has 0 spiro atoms. The number of benzene rings is 2. The highest BCUT2D eigenvalue weighted by Gasteiger charge is 2.15. The van der Waals surface area contributed by atoms with E-state index < -0.39 is 6.16 Å². The molecule has 0 N–H and O–H groups in total. The molecule has 0 heterocycles. The molecule has 2 aromatic carbocycles. The lowest BCUT2D eigenvalue weighted by Crippen LogP contribution is -2.11. The first-order valence-electron chi connectivity index (χ1n) is 8.84. The molecular weight excluding hydrogens is 335 g/mol. The third-order valence-electron chi connectivity index (χ3n) is 4.33. The van der Waals surface area contributed by atoms with Crippen LogP contribution in [0.2, 0.25) is 0 Å². The van der Waals surface area contributed by atoms with Gasteiger partial charge >= 0.3 is 6.16 Å². The lowest BCUT2D eigenvalue weighted by atomic mass is 10.0. The molecule has 0 aromatic heterocycles. The van der Waals surface area contributed by atoms with Crippen LogP contribution in [-0.4, -0.2) is 13.3 Å². The van der Waals surface area contributed by atoms with Gasteiger partial charge in [-0.05, 0) is 48.1 Å². The van der Waals surface area contributed by atoms with Gasteiger partial charge in [0.2, 0.25) is 0 Å². The van der Waals surface area contributed by atoms with Crippen molar-refractivity contribution in [3.05, 3.63) is 58.4 Å². The second-order valence-electron chi connectivity index (χ2n) is 5.85. The maximum Gasteiger partial charge on any atom is 0.513 e. The number of hydrogen-bond donors (Lipinski definition) is 0. The fraction of sp³-hybridized carbons (Fsp3) is 0.381. The van der Waals surface area contributed by atoms with Crippen molar-refractivity contribution in [2.24, 2.45) is 0 Å². The third kappa shape index (κ3) is 4.54. The molecule has 0 atom stereocenters. The fourth-order valence-corrected chi connectivity index (χ4v) is 2.82. The second-order valence-corrected chi connectivity index (χ2v) is 5.85. The molecule has 4 nitrogen and oxygen atoms in total. The van der Waals surface area contributed by atoms with E-state index in [1.807, 2.05) is 39.0 Å². The third-order valence-corrected chi connectivity index (χ3v) is 4.33. The molecule has 0 aliphatic rings. The number of halogens is 1. The van der Waals surface area contributed by atoms with Gasteiger partial charge in [0.15, 0.2) is 0 Å². The topological polar surface area (TPSA) is 44.8 Å². The van der Waals surface area contributed by atoms with Gasteiger partial charge in [-0.25, -0.2) is 9.18 Å². The molecule has 0 amide bonds. The minimum absolute atomic E-state index is 0.175. The van der Waals surface area contributed by atoms with Gasteiger partial charge in [0.05, 0.1) is 7.11 Å². The van der Waals surface area contributed by atoms with Crippen molar-refractivity contribution in [2.75, 3.05) is 7.11 Å². The number of carbonyl (C=O) groups is 1. The molecule has 0 radical (unpaired) electrons. The van der Waals surface area contributed by atoms with Crippen molar-refractivity contribution < 1.29 is 23.4 Å². The van der Waals surface area contributed by atoms with Gasteiger partial charge in [-0.1, -0.05) is 32.9 Å². The first-order chi connectivity index (χ1) is 12.5. The maximum absolute atomic E-state index is 14.2. The Bertz CT molecular complexity index is 771. The summed E-state index contributed by atoms with van der Waals surface area (Å²) in [5.74, 6) is 0.631.